The van der Waals surface area contributed by atoms with Crippen LogP contribution in [0.3, 0.4) is 0 Å². The predicted octanol–water partition coefficient (Wildman–Crippen LogP) is 4.65. The third-order valence-electron chi connectivity index (χ3n) is 3.66. The summed E-state index contributed by atoms with van der Waals surface area (Å²) >= 11 is 1.37. The summed E-state index contributed by atoms with van der Waals surface area (Å²) in [5.41, 5.74) is 2.33. The average Bonchev–Trinajstić information content (AvgIpc) is 3.01. The fraction of sp³-hybridized carbons (Fsp3) is 0.111. The second kappa shape index (κ2) is 6.82. The minimum absolute atomic E-state index is 0.00657. The molecule has 1 amide bonds. The van der Waals surface area contributed by atoms with Gasteiger partial charge in [0.2, 0.25) is 0 Å². The zero-order valence-corrected chi connectivity index (χ0v) is 14.5. The van der Waals surface area contributed by atoms with Gasteiger partial charge in [0.1, 0.15) is 0 Å². The molecule has 0 N–H and O–H groups in total. The summed E-state index contributed by atoms with van der Waals surface area (Å²) < 4.78 is 0. The van der Waals surface area contributed by atoms with Crippen LogP contribution < -0.4 is 4.90 Å². The number of rotatable bonds is 4. The molecule has 0 saturated carbocycles. The van der Waals surface area contributed by atoms with Gasteiger partial charge in [-0.3, -0.25) is 19.8 Å². The number of aryl methyl sites for hydroxylation is 2. The average molecular weight is 353 g/mol. The Morgan fingerprint density at radius 2 is 1.88 bits per heavy atom. The second-order valence-electron chi connectivity index (χ2n) is 5.51. The van der Waals surface area contributed by atoms with Crippen LogP contribution in [0, 0.1) is 24.0 Å². The number of aromatic nitrogens is 1. The molecule has 0 atom stereocenters. The Balaban J connectivity index is 2.06. The number of thiazole rings is 1. The maximum Gasteiger partial charge on any atom is 0.272 e. The van der Waals surface area contributed by atoms with E-state index in [4.69, 9.17) is 0 Å². The van der Waals surface area contributed by atoms with E-state index in [1.807, 2.05) is 42.6 Å². The van der Waals surface area contributed by atoms with Gasteiger partial charge >= 0.3 is 0 Å². The molecule has 0 saturated heterocycles. The summed E-state index contributed by atoms with van der Waals surface area (Å²) in [6.45, 7) is 3.49. The van der Waals surface area contributed by atoms with E-state index in [0.717, 1.165) is 5.69 Å². The fourth-order valence-electron chi connectivity index (χ4n) is 2.46. The van der Waals surface area contributed by atoms with Crippen molar-refractivity contribution < 1.29 is 9.72 Å². The Hall–Kier alpha value is -3.06. The van der Waals surface area contributed by atoms with Crippen molar-refractivity contribution >= 4 is 33.8 Å². The summed E-state index contributed by atoms with van der Waals surface area (Å²) in [6.07, 6.45) is 0. The van der Waals surface area contributed by atoms with Crippen molar-refractivity contribution in [2.24, 2.45) is 0 Å². The molecule has 6 nitrogen and oxygen atoms in total. The Bertz CT molecular complexity index is 938. The summed E-state index contributed by atoms with van der Waals surface area (Å²) in [6, 6.07) is 13.6. The van der Waals surface area contributed by atoms with Crippen LogP contribution in [0.4, 0.5) is 16.5 Å². The molecule has 126 valence electrons. The summed E-state index contributed by atoms with van der Waals surface area (Å²) in [5.74, 6) is -0.279. The van der Waals surface area contributed by atoms with Gasteiger partial charge in [-0.15, -0.1) is 11.3 Å². The Morgan fingerprint density at radius 3 is 2.44 bits per heavy atom. The standard InChI is InChI=1S/C18H15N3O3S/c1-12-10-14(8-9-16(12)21(23)24)17(22)20(15-6-4-3-5-7-15)18-19-13(2)11-25-18/h3-11H,1-2H3. The Kier molecular flexibility index (Phi) is 4.58. The number of benzene rings is 2. The van der Waals surface area contributed by atoms with Gasteiger partial charge < -0.3 is 0 Å². The van der Waals surface area contributed by atoms with Gasteiger partial charge in [-0.25, -0.2) is 4.98 Å². The van der Waals surface area contributed by atoms with Crippen LogP contribution in [-0.2, 0) is 0 Å². The number of nitro groups is 1. The number of amides is 1. The van der Waals surface area contributed by atoms with E-state index in [2.05, 4.69) is 4.98 Å². The van der Waals surface area contributed by atoms with Gasteiger partial charge in [-0.2, -0.15) is 0 Å². The quantitative estimate of drug-likeness (QED) is 0.505. The van der Waals surface area contributed by atoms with Crippen LogP contribution in [0.25, 0.3) is 0 Å². The normalized spacial score (nSPS) is 10.5. The topological polar surface area (TPSA) is 76.3 Å². The first-order chi connectivity index (χ1) is 12.0. The van der Waals surface area contributed by atoms with Gasteiger partial charge in [0.25, 0.3) is 11.6 Å². The third kappa shape index (κ3) is 3.41. The summed E-state index contributed by atoms with van der Waals surface area (Å²) in [4.78, 5) is 29.6. The number of hydrogen-bond donors (Lipinski definition) is 0. The third-order valence-corrected chi connectivity index (χ3v) is 4.60. The number of anilines is 2. The molecule has 0 spiro atoms. The molecule has 3 aromatic rings. The number of para-hydroxylation sites is 1. The van der Waals surface area contributed by atoms with E-state index in [0.29, 0.717) is 21.9 Å². The lowest BCUT2D eigenvalue weighted by atomic mass is 10.1. The van der Waals surface area contributed by atoms with Crippen molar-refractivity contribution in [1.29, 1.82) is 0 Å². The highest BCUT2D eigenvalue weighted by Gasteiger charge is 2.23. The lowest BCUT2D eigenvalue weighted by Gasteiger charge is -2.20. The zero-order valence-electron chi connectivity index (χ0n) is 13.7. The highest BCUT2D eigenvalue weighted by Crippen LogP contribution is 2.31. The largest absolute Gasteiger partial charge is 0.272 e. The zero-order chi connectivity index (χ0) is 18.0. The molecule has 1 aromatic heterocycles. The van der Waals surface area contributed by atoms with Crippen molar-refractivity contribution in [2.45, 2.75) is 13.8 Å². The van der Waals surface area contributed by atoms with E-state index in [1.165, 1.54) is 34.4 Å². The molecular formula is C18H15N3O3S. The van der Waals surface area contributed by atoms with Crippen LogP contribution in [0.15, 0.2) is 53.9 Å². The molecule has 0 aliphatic carbocycles. The number of carbonyl (C=O) groups excluding carboxylic acids is 1. The first-order valence-corrected chi connectivity index (χ1v) is 8.42. The smallest absolute Gasteiger partial charge is 0.268 e. The highest BCUT2D eigenvalue weighted by molar-refractivity contribution is 7.14. The van der Waals surface area contributed by atoms with Crippen LogP contribution in [0.2, 0.25) is 0 Å². The molecule has 0 aliphatic rings. The SMILES string of the molecule is Cc1csc(N(C(=O)c2ccc([N+](=O)[O-])c(C)c2)c2ccccc2)n1. The van der Waals surface area contributed by atoms with Crippen LogP contribution in [0.1, 0.15) is 21.6 Å². The van der Waals surface area contributed by atoms with Gasteiger partial charge in [-0.1, -0.05) is 18.2 Å². The van der Waals surface area contributed by atoms with E-state index in [1.54, 1.807) is 6.92 Å². The number of hydrogen-bond acceptors (Lipinski definition) is 5. The predicted molar refractivity (Wildman–Crippen MR) is 97.6 cm³/mol. The van der Waals surface area contributed by atoms with E-state index in [-0.39, 0.29) is 11.6 Å². The van der Waals surface area contributed by atoms with Gasteiger partial charge in [0.15, 0.2) is 5.13 Å². The molecule has 1 heterocycles. The number of nitrogens with zero attached hydrogens (tertiary/aromatic N) is 3. The number of nitro benzene ring substituents is 1. The molecule has 0 bridgehead atoms. The van der Waals surface area contributed by atoms with E-state index in [9.17, 15) is 14.9 Å². The molecule has 0 unspecified atom stereocenters. The monoisotopic (exact) mass is 353 g/mol. The molecule has 25 heavy (non-hydrogen) atoms. The molecule has 2 aromatic carbocycles. The minimum atomic E-state index is -0.456. The van der Waals surface area contributed by atoms with Crippen molar-refractivity contribution in [3.8, 4) is 0 Å². The van der Waals surface area contributed by atoms with Crippen molar-refractivity contribution in [3.63, 3.8) is 0 Å². The minimum Gasteiger partial charge on any atom is -0.268 e. The van der Waals surface area contributed by atoms with Crippen molar-refractivity contribution in [1.82, 2.24) is 4.98 Å². The lowest BCUT2D eigenvalue weighted by molar-refractivity contribution is -0.385. The summed E-state index contributed by atoms with van der Waals surface area (Å²) in [7, 11) is 0. The Morgan fingerprint density at radius 1 is 1.16 bits per heavy atom. The summed E-state index contributed by atoms with van der Waals surface area (Å²) in [5, 5.41) is 13.4. The molecule has 0 aliphatic heterocycles. The van der Waals surface area contributed by atoms with E-state index >= 15 is 0 Å². The van der Waals surface area contributed by atoms with Gasteiger partial charge in [-0.05, 0) is 38.1 Å². The van der Waals surface area contributed by atoms with Crippen LogP contribution in [-0.4, -0.2) is 15.8 Å². The molecular weight excluding hydrogens is 338 g/mol. The van der Waals surface area contributed by atoms with Crippen molar-refractivity contribution in [3.05, 3.63) is 80.8 Å². The number of carbonyl (C=O) groups is 1. The maximum absolute atomic E-state index is 13.1. The van der Waals surface area contributed by atoms with Crippen LogP contribution in [0.5, 0.6) is 0 Å². The van der Waals surface area contributed by atoms with Gasteiger partial charge in [0.05, 0.1) is 16.3 Å². The first-order valence-electron chi connectivity index (χ1n) is 7.54. The molecule has 0 fully saturated rings. The fourth-order valence-corrected chi connectivity index (χ4v) is 3.28. The highest BCUT2D eigenvalue weighted by atomic mass is 32.1. The maximum atomic E-state index is 13.1. The van der Waals surface area contributed by atoms with Gasteiger partial charge in [0, 0.05) is 22.6 Å². The molecule has 3 rings (SSSR count). The second-order valence-corrected chi connectivity index (χ2v) is 6.34. The van der Waals surface area contributed by atoms with Crippen molar-refractivity contribution in [2.75, 3.05) is 4.90 Å². The Labute approximate surface area is 148 Å². The lowest BCUT2D eigenvalue weighted by Crippen LogP contribution is -2.26. The first kappa shape index (κ1) is 16.8. The van der Waals surface area contributed by atoms with E-state index < -0.39 is 4.92 Å². The van der Waals surface area contributed by atoms with Crippen LogP contribution >= 0.6 is 11.3 Å². The molecule has 0 radical (unpaired) electrons. The molecule has 7 heteroatoms.